The molecule has 1 aromatic heterocycles. The Kier molecular flexibility index (Phi) is 5.59. The quantitative estimate of drug-likeness (QED) is 0.236. The third-order valence-electron chi connectivity index (χ3n) is 5.54. The second-order valence-corrected chi connectivity index (χ2v) is 8.65. The Morgan fingerprint density at radius 1 is 1.09 bits per heavy atom. The summed E-state index contributed by atoms with van der Waals surface area (Å²) in [4.78, 5) is 32.2. The minimum atomic E-state index is -0.891. The number of aromatic nitrogens is 1. The summed E-state index contributed by atoms with van der Waals surface area (Å²) < 4.78 is 19.7. The van der Waals surface area contributed by atoms with Crippen molar-refractivity contribution in [3.8, 4) is 5.75 Å². The zero-order chi connectivity index (χ0) is 23.8. The van der Waals surface area contributed by atoms with Crippen LogP contribution in [-0.2, 0) is 9.59 Å². The van der Waals surface area contributed by atoms with E-state index in [4.69, 9.17) is 4.74 Å². The van der Waals surface area contributed by atoms with E-state index in [2.05, 4.69) is 4.98 Å². The molecule has 1 N–H and O–H groups in total. The SMILES string of the molecule is CCOc1ccc(C(O)=C2C(=O)C(=O)N(c3nc4ccc(F)cc4s3)[C@@H]2c2ccccc2)cc1. The zero-order valence-electron chi connectivity index (χ0n) is 18.1. The molecule has 0 saturated carbocycles. The van der Waals surface area contributed by atoms with Gasteiger partial charge in [0.1, 0.15) is 17.3 Å². The molecule has 34 heavy (non-hydrogen) atoms. The Labute approximate surface area is 198 Å². The number of carbonyl (C=O) groups excluding carboxylic acids is 2. The number of halogens is 1. The number of aliphatic hydroxyl groups is 1. The second-order valence-electron chi connectivity index (χ2n) is 7.65. The van der Waals surface area contributed by atoms with Gasteiger partial charge in [-0.05, 0) is 55.0 Å². The molecule has 3 aromatic carbocycles. The smallest absolute Gasteiger partial charge is 0.301 e. The number of amides is 1. The summed E-state index contributed by atoms with van der Waals surface area (Å²) in [5.41, 5.74) is 1.50. The highest BCUT2D eigenvalue weighted by Gasteiger charge is 2.48. The number of fused-ring (bicyclic) bond motifs is 1. The van der Waals surface area contributed by atoms with Crippen molar-refractivity contribution in [3.63, 3.8) is 0 Å². The van der Waals surface area contributed by atoms with Gasteiger partial charge in [-0.1, -0.05) is 41.7 Å². The van der Waals surface area contributed by atoms with Crippen LogP contribution < -0.4 is 9.64 Å². The number of rotatable bonds is 5. The summed E-state index contributed by atoms with van der Waals surface area (Å²) in [5, 5.41) is 11.4. The number of nitrogens with zero attached hydrogens (tertiary/aromatic N) is 2. The predicted molar refractivity (Wildman–Crippen MR) is 128 cm³/mol. The first kappa shape index (κ1) is 21.8. The molecule has 1 atom stereocenters. The molecule has 1 fully saturated rings. The Morgan fingerprint density at radius 2 is 1.82 bits per heavy atom. The molecule has 4 aromatic rings. The van der Waals surface area contributed by atoms with Gasteiger partial charge in [0.25, 0.3) is 5.78 Å². The average Bonchev–Trinajstić information content (AvgIpc) is 3.37. The maximum atomic E-state index is 13.7. The van der Waals surface area contributed by atoms with E-state index >= 15 is 0 Å². The summed E-state index contributed by atoms with van der Waals surface area (Å²) in [6.45, 7) is 2.36. The molecule has 0 aliphatic carbocycles. The van der Waals surface area contributed by atoms with E-state index in [9.17, 15) is 19.1 Å². The minimum absolute atomic E-state index is 0.0363. The van der Waals surface area contributed by atoms with E-state index < -0.39 is 23.5 Å². The van der Waals surface area contributed by atoms with Crippen LogP contribution in [0.3, 0.4) is 0 Å². The number of hydrogen-bond donors (Lipinski definition) is 1. The number of thiazole rings is 1. The van der Waals surface area contributed by atoms with Crippen LogP contribution >= 0.6 is 11.3 Å². The standard InChI is InChI=1S/C26H19FN2O4S/c1-2-33-18-11-8-16(9-12-18)23(30)21-22(15-6-4-3-5-7-15)29(25(32)24(21)31)26-28-19-13-10-17(27)14-20(19)34-26/h3-14,22,30H,2H2,1H3/t22-/m1/s1. The number of hydrogen-bond acceptors (Lipinski definition) is 6. The normalized spacial score (nSPS) is 17.5. The molecule has 5 rings (SSSR count). The maximum absolute atomic E-state index is 13.7. The molecule has 170 valence electrons. The Hall–Kier alpha value is -4.04. The number of ether oxygens (including phenoxy) is 1. The van der Waals surface area contributed by atoms with Gasteiger partial charge in [0, 0.05) is 5.56 Å². The summed E-state index contributed by atoms with van der Waals surface area (Å²) in [6.07, 6.45) is 0. The summed E-state index contributed by atoms with van der Waals surface area (Å²) in [7, 11) is 0. The molecular weight excluding hydrogens is 455 g/mol. The molecule has 0 radical (unpaired) electrons. The van der Waals surface area contributed by atoms with Crippen LogP contribution in [0.2, 0.25) is 0 Å². The zero-order valence-corrected chi connectivity index (χ0v) is 18.9. The molecular formula is C26H19FN2O4S. The number of Topliss-reactive ketones (excluding diaryl/α,β-unsaturated/α-hetero) is 1. The summed E-state index contributed by atoms with van der Waals surface area (Å²) in [5.74, 6) is -1.70. The number of benzene rings is 3. The van der Waals surface area contributed by atoms with E-state index in [-0.39, 0.29) is 16.5 Å². The van der Waals surface area contributed by atoms with Gasteiger partial charge in [-0.25, -0.2) is 9.37 Å². The highest BCUT2D eigenvalue weighted by atomic mass is 32.1. The number of aliphatic hydroxyl groups excluding tert-OH is 1. The lowest BCUT2D eigenvalue weighted by Crippen LogP contribution is -2.29. The molecule has 1 aliphatic heterocycles. The monoisotopic (exact) mass is 474 g/mol. The van der Waals surface area contributed by atoms with Crippen LogP contribution in [0.5, 0.6) is 5.75 Å². The van der Waals surface area contributed by atoms with Crippen LogP contribution in [0, 0.1) is 5.82 Å². The number of ketones is 1. The second kappa shape index (κ2) is 8.72. The predicted octanol–water partition coefficient (Wildman–Crippen LogP) is 5.46. The van der Waals surface area contributed by atoms with Gasteiger partial charge in [0.2, 0.25) is 0 Å². The van der Waals surface area contributed by atoms with Crippen molar-refractivity contribution in [2.75, 3.05) is 11.5 Å². The maximum Gasteiger partial charge on any atom is 0.301 e. The lowest BCUT2D eigenvalue weighted by atomic mass is 9.95. The van der Waals surface area contributed by atoms with Crippen LogP contribution in [-0.4, -0.2) is 28.4 Å². The first-order valence-electron chi connectivity index (χ1n) is 10.6. The van der Waals surface area contributed by atoms with Gasteiger partial charge in [0.15, 0.2) is 5.13 Å². The molecule has 1 saturated heterocycles. The van der Waals surface area contributed by atoms with Gasteiger partial charge in [-0.3, -0.25) is 14.5 Å². The van der Waals surface area contributed by atoms with Crippen LogP contribution in [0.15, 0.2) is 78.4 Å². The van der Waals surface area contributed by atoms with E-state index in [0.29, 0.717) is 33.7 Å². The van der Waals surface area contributed by atoms with Gasteiger partial charge in [-0.2, -0.15) is 0 Å². The van der Waals surface area contributed by atoms with E-state index in [1.807, 2.05) is 13.0 Å². The van der Waals surface area contributed by atoms with Crippen molar-refractivity contribution >= 4 is 44.1 Å². The highest BCUT2D eigenvalue weighted by molar-refractivity contribution is 7.22. The fourth-order valence-corrected chi connectivity index (χ4v) is 5.02. The summed E-state index contributed by atoms with van der Waals surface area (Å²) >= 11 is 1.11. The Balaban J connectivity index is 1.67. The lowest BCUT2D eigenvalue weighted by Gasteiger charge is -2.22. The van der Waals surface area contributed by atoms with E-state index in [0.717, 1.165) is 11.3 Å². The summed E-state index contributed by atoms with van der Waals surface area (Å²) in [6, 6.07) is 18.9. The van der Waals surface area contributed by atoms with Crippen molar-refractivity contribution in [2.24, 2.45) is 0 Å². The van der Waals surface area contributed by atoms with Crippen LogP contribution in [0.1, 0.15) is 24.1 Å². The third kappa shape index (κ3) is 3.72. The first-order valence-corrected chi connectivity index (χ1v) is 11.4. The molecule has 0 unspecified atom stereocenters. The number of carbonyl (C=O) groups is 2. The van der Waals surface area contributed by atoms with E-state index in [1.165, 1.54) is 23.1 Å². The fraction of sp³-hybridized carbons (Fsp3) is 0.115. The Bertz CT molecular complexity index is 1430. The third-order valence-corrected chi connectivity index (χ3v) is 6.56. The van der Waals surface area contributed by atoms with Crippen LogP contribution in [0.4, 0.5) is 9.52 Å². The van der Waals surface area contributed by atoms with Gasteiger partial charge in [-0.15, -0.1) is 0 Å². The molecule has 1 aliphatic rings. The molecule has 8 heteroatoms. The van der Waals surface area contributed by atoms with Gasteiger partial charge >= 0.3 is 5.91 Å². The van der Waals surface area contributed by atoms with Crippen molar-refractivity contribution < 1.29 is 23.8 Å². The first-order chi connectivity index (χ1) is 16.5. The van der Waals surface area contributed by atoms with E-state index in [1.54, 1.807) is 48.5 Å². The largest absolute Gasteiger partial charge is 0.507 e. The molecule has 1 amide bonds. The van der Waals surface area contributed by atoms with Crippen molar-refractivity contribution in [3.05, 3.63) is 95.3 Å². The average molecular weight is 475 g/mol. The highest BCUT2D eigenvalue weighted by Crippen LogP contribution is 2.44. The molecule has 0 spiro atoms. The fourth-order valence-electron chi connectivity index (χ4n) is 4.00. The van der Waals surface area contributed by atoms with Gasteiger partial charge < -0.3 is 9.84 Å². The van der Waals surface area contributed by atoms with Crippen LogP contribution in [0.25, 0.3) is 16.0 Å². The molecule has 6 nitrogen and oxygen atoms in total. The van der Waals surface area contributed by atoms with Crippen molar-refractivity contribution in [1.29, 1.82) is 0 Å². The van der Waals surface area contributed by atoms with Crippen molar-refractivity contribution in [2.45, 2.75) is 13.0 Å². The Morgan fingerprint density at radius 3 is 2.53 bits per heavy atom. The van der Waals surface area contributed by atoms with Gasteiger partial charge in [0.05, 0.1) is 28.4 Å². The van der Waals surface area contributed by atoms with Crippen molar-refractivity contribution in [1.82, 2.24) is 4.98 Å². The minimum Gasteiger partial charge on any atom is -0.507 e. The molecule has 2 heterocycles. The topological polar surface area (TPSA) is 79.7 Å². The number of anilines is 1. The molecule has 0 bridgehead atoms. The lowest BCUT2D eigenvalue weighted by molar-refractivity contribution is -0.132.